The van der Waals surface area contributed by atoms with Crippen molar-refractivity contribution in [1.29, 1.82) is 0 Å². The van der Waals surface area contributed by atoms with Gasteiger partial charge in [0.05, 0.1) is 0 Å². The molecular weight excluding hydrogens is 198 g/mol. The van der Waals surface area contributed by atoms with Crippen molar-refractivity contribution in [2.24, 2.45) is 0 Å². The molecule has 1 N–H and O–H groups in total. The van der Waals surface area contributed by atoms with E-state index >= 15 is 0 Å². The van der Waals surface area contributed by atoms with E-state index in [0.29, 0.717) is 6.04 Å². The fraction of sp³-hybridized carbons (Fsp3) is 0.769. The van der Waals surface area contributed by atoms with Crippen LogP contribution in [-0.2, 0) is 6.54 Å². The van der Waals surface area contributed by atoms with Gasteiger partial charge in [-0.1, -0.05) is 33.1 Å². The van der Waals surface area contributed by atoms with Crippen LogP contribution in [0, 0.1) is 0 Å². The summed E-state index contributed by atoms with van der Waals surface area (Å²) >= 11 is 0. The topological polar surface area (TPSA) is 29.9 Å². The molecule has 0 aliphatic rings. The lowest BCUT2D eigenvalue weighted by Gasteiger charge is -2.15. The maximum absolute atomic E-state index is 4.37. The van der Waals surface area contributed by atoms with Crippen LogP contribution in [-0.4, -0.2) is 15.6 Å². The van der Waals surface area contributed by atoms with Crippen LogP contribution >= 0.6 is 0 Å². The highest BCUT2D eigenvalue weighted by Gasteiger charge is 2.06. The highest BCUT2D eigenvalue weighted by atomic mass is 15.2. The van der Waals surface area contributed by atoms with Gasteiger partial charge in [-0.15, -0.1) is 0 Å². The van der Waals surface area contributed by atoms with Crippen LogP contribution in [0.1, 0.15) is 52.9 Å². The summed E-state index contributed by atoms with van der Waals surface area (Å²) in [6.07, 6.45) is 10.1. The zero-order valence-electron chi connectivity index (χ0n) is 10.9. The van der Waals surface area contributed by atoms with Crippen molar-refractivity contribution < 1.29 is 0 Å². The molecule has 0 aliphatic carbocycles. The predicted octanol–water partition coefficient (Wildman–Crippen LogP) is 3.67. The van der Waals surface area contributed by atoms with Gasteiger partial charge in [0.15, 0.2) is 0 Å². The minimum Gasteiger partial charge on any atom is -0.353 e. The number of aromatic nitrogens is 2. The van der Waals surface area contributed by atoms with E-state index in [1.165, 1.54) is 32.1 Å². The van der Waals surface area contributed by atoms with Crippen LogP contribution in [0.2, 0.25) is 0 Å². The van der Waals surface area contributed by atoms with E-state index in [0.717, 1.165) is 12.5 Å². The molecule has 3 nitrogen and oxygen atoms in total. The van der Waals surface area contributed by atoms with Crippen LogP contribution in [0.25, 0.3) is 0 Å². The van der Waals surface area contributed by atoms with E-state index in [2.05, 4.69) is 41.8 Å². The molecule has 0 aromatic carbocycles. The van der Waals surface area contributed by atoms with E-state index in [-0.39, 0.29) is 0 Å². The van der Waals surface area contributed by atoms with Crippen molar-refractivity contribution >= 4 is 5.95 Å². The molecule has 1 heterocycles. The number of anilines is 1. The number of unbranched alkanes of at least 4 members (excludes halogenated alkanes) is 2. The van der Waals surface area contributed by atoms with Crippen LogP contribution in [0.3, 0.4) is 0 Å². The highest BCUT2D eigenvalue weighted by molar-refractivity contribution is 5.27. The third kappa shape index (κ3) is 4.25. The third-order valence-electron chi connectivity index (χ3n) is 2.83. The van der Waals surface area contributed by atoms with Crippen molar-refractivity contribution in [3.63, 3.8) is 0 Å². The second kappa shape index (κ2) is 7.31. The minimum absolute atomic E-state index is 0.516. The van der Waals surface area contributed by atoms with Gasteiger partial charge in [0.2, 0.25) is 5.95 Å². The zero-order chi connectivity index (χ0) is 11.8. The fourth-order valence-corrected chi connectivity index (χ4v) is 1.76. The average Bonchev–Trinajstić information content (AvgIpc) is 2.71. The Kier molecular flexibility index (Phi) is 5.98. The van der Waals surface area contributed by atoms with Gasteiger partial charge in [-0.2, -0.15) is 0 Å². The van der Waals surface area contributed by atoms with Crippen molar-refractivity contribution in [3.05, 3.63) is 12.4 Å². The van der Waals surface area contributed by atoms with Gasteiger partial charge >= 0.3 is 0 Å². The summed E-state index contributed by atoms with van der Waals surface area (Å²) in [6.45, 7) is 7.75. The van der Waals surface area contributed by atoms with E-state index in [1.54, 1.807) is 0 Å². The summed E-state index contributed by atoms with van der Waals surface area (Å²) < 4.78 is 2.21. The van der Waals surface area contributed by atoms with Crippen LogP contribution < -0.4 is 5.32 Å². The van der Waals surface area contributed by atoms with Gasteiger partial charge in [0.1, 0.15) is 0 Å². The summed E-state index contributed by atoms with van der Waals surface area (Å²) in [5.74, 6) is 1.03. The molecule has 16 heavy (non-hydrogen) atoms. The first kappa shape index (κ1) is 13.1. The molecule has 3 heteroatoms. The molecule has 1 atom stereocenters. The van der Waals surface area contributed by atoms with Crippen LogP contribution in [0.5, 0.6) is 0 Å². The van der Waals surface area contributed by atoms with Gasteiger partial charge in [-0.05, 0) is 19.8 Å². The molecule has 0 fully saturated rings. The summed E-state index contributed by atoms with van der Waals surface area (Å²) in [5, 5.41) is 3.49. The smallest absolute Gasteiger partial charge is 0.202 e. The molecular formula is C13H25N3. The normalized spacial score (nSPS) is 12.7. The molecule has 0 bridgehead atoms. The van der Waals surface area contributed by atoms with Gasteiger partial charge < -0.3 is 9.88 Å². The van der Waals surface area contributed by atoms with Crippen LogP contribution in [0.4, 0.5) is 5.95 Å². The van der Waals surface area contributed by atoms with E-state index in [9.17, 15) is 0 Å². The van der Waals surface area contributed by atoms with Crippen LogP contribution in [0.15, 0.2) is 12.4 Å². The summed E-state index contributed by atoms with van der Waals surface area (Å²) in [7, 11) is 0. The molecule has 92 valence electrons. The van der Waals surface area contributed by atoms with Gasteiger partial charge in [-0.3, -0.25) is 0 Å². The molecule has 1 unspecified atom stereocenters. The maximum Gasteiger partial charge on any atom is 0.202 e. The zero-order valence-corrected chi connectivity index (χ0v) is 10.9. The Morgan fingerprint density at radius 1 is 1.31 bits per heavy atom. The van der Waals surface area contributed by atoms with Crippen molar-refractivity contribution in [3.8, 4) is 0 Å². The first-order valence-corrected chi connectivity index (χ1v) is 6.55. The lowest BCUT2D eigenvalue weighted by Crippen LogP contribution is -2.18. The monoisotopic (exact) mass is 223 g/mol. The Hall–Kier alpha value is -0.990. The van der Waals surface area contributed by atoms with E-state index in [1.807, 2.05) is 6.20 Å². The molecule has 1 aromatic rings. The van der Waals surface area contributed by atoms with Crippen molar-refractivity contribution in [1.82, 2.24) is 9.55 Å². The standard InChI is InChI=1S/C13H25N3/c1-4-6-8-12(3)15-13-14-9-11-16(13)10-7-5-2/h9,11-12H,4-8,10H2,1-3H3,(H,14,15). The molecule has 0 saturated carbocycles. The molecule has 1 aromatic heterocycles. The minimum atomic E-state index is 0.516. The number of hydrogen-bond donors (Lipinski definition) is 1. The second-order valence-electron chi connectivity index (χ2n) is 4.49. The van der Waals surface area contributed by atoms with Gasteiger partial charge in [0, 0.05) is 25.0 Å². The molecule has 0 saturated heterocycles. The Bertz CT molecular complexity index is 280. The third-order valence-corrected chi connectivity index (χ3v) is 2.83. The van der Waals surface area contributed by atoms with E-state index in [4.69, 9.17) is 0 Å². The number of nitrogens with zero attached hydrogens (tertiary/aromatic N) is 2. The Morgan fingerprint density at radius 3 is 2.75 bits per heavy atom. The first-order valence-electron chi connectivity index (χ1n) is 6.55. The number of rotatable bonds is 8. The summed E-state index contributed by atoms with van der Waals surface area (Å²) in [5.41, 5.74) is 0. The number of hydrogen-bond acceptors (Lipinski definition) is 2. The Morgan fingerprint density at radius 2 is 2.06 bits per heavy atom. The van der Waals surface area contributed by atoms with E-state index < -0.39 is 0 Å². The fourth-order valence-electron chi connectivity index (χ4n) is 1.76. The second-order valence-corrected chi connectivity index (χ2v) is 4.49. The molecule has 0 radical (unpaired) electrons. The number of nitrogens with one attached hydrogen (secondary N) is 1. The average molecular weight is 223 g/mol. The van der Waals surface area contributed by atoms with Gasteiger partial charge in [-0.25, -0.2) is 4.98 Å². The lowest BCUT2D eigenvalue weighted by molar-refractivity contribution is 0.609. The quantitative estimate of drug-likeness (QED) is 0.728. The highest BCUT2D eigenvalue weighted by Crippen LogP contribution is 2.10. The maximum atomic E-state index is 4.37. The molecule has 1 rings (SSSR count). The van der Waals surface area contributed by atoms with Crippen molar-refractivity contribution in [2.45, 2.75) is 65.5 Å². The van der Waals surface area contributed by atoms with Crippen molar-refractivity contribution in [2.75, 3.05) is 5.32 Å². The largest absolute Gasteiger partial charge is 0.353 e. The lowest BCUT2D eigenvalue weighted by atomic mass is 10.1. The first-order chi connectivity index (χ1) is 7.77. The summed E-state index contributed by atoms with van der Waals surface area (Å²) in [6, 6.07) is 0.516. The Balaban J connectivity index is 2.42. The number of imidazole rings is 1. The Labute approximate surface area is 99.3 Å². The predicted molar refractivity (Wildman–Crippen MR) is 69.7 cm³/mol. The number of aryl methyl sites for hydroxylation is 1. The molecule has 0 aliphatic heterocycles. The summed E-state index contributed by atoms with van der Waals surface area (Å²) in [4.78, 5) is 4.37. The molecule has 0 spiro atoms. The molecule has 0 amide bonds. The SMILES string of the molecule is CCCCC(C)Nc1nccn1CCCC. The van der Waals surface area contributed by atoms with Gasteiger partial charge in [0.25, 0.3) is 0 Å².